The number of aromatic nitrogens is 3. The lowest BCUT2D eigenvalue weighted by Crippen LogP contribution is -2.26. The molecule has 3 rings (SSSR count). The molecule has 0 fully saturated rings. The van der Waals surface area contributed by atoms with Crippen LogP contribution in [0.5, 0.6) is 0 Å². The SMILES string of the molecule is Cn1c(=O)n(CC(=O)OCc2ccc(Cl)nc2)c2ccccc21. The van der Waals surface area contributed by atoms with Crippen molar-refractivity contribution in [3.63, 3.8) is 0 Å². The maximum Gasteiger partial charge on any atom is 0.329 e. The van der Waals surface area contributed by atoms with Crippen LogP contribution < -0.4 is 5.69 Å². The molecule has 23 heavy (non-hydrogen) atoms. The third-order valence-electron chi connectivity index (χ3n) is 3.53. The number of hydrogen-bond acceptors (Lipinski definition) is 4. The van der Waals surface area contributed by atoms with Gasteiger partial charge in [-0.1, -0.05) is 29.8 Å². The van der Waals surface area contributed by atoms with E-state index < -0.39 is 5.97 Å². The number of para-hydroxylation sites is 2. The van der Waals surface area contributed by atoms with Gasteiger partial charge in [-0.05, 0) is 18.2 Å². The maximum atomic E-state index is 12.2. The highest BCUT2D eigenvalue weighted by molar-refractivity contribution is 6.29. The van der Waals surface area contributed by atoms with E-state index >= 15 is 0 Å². The van der Waals surface area contributed by atoms with E-state index in [9.17, 15) is 9.59 Å². The van der Waals surface area contributed by atoms with Gasteiger partial charge in [0, 0.05) is 18.8 Å². The average molecular weight is 332 g/mol. The van der Waals surface area contributed by atoms with Gasteiger partial charge in [-0.2, -0.15) is 0 Å². The van der Waals surface area contributed by atoms with Gasteiger partial charge in [-0.3, -0.25) is 13.9 Å². The molecule has 3 aromatic rings. The van der Waals surface area contributed by atoms with Crippen LogP contribution in [0.4, 0.5) is 0 Å². The Hall–Kier alpha value is -2.60. The number of fused-ring (bicyclic) bond motifs is 1. The van der Waals surface area contributed by atoms with Crippen LogP contribution in [0.3, 0.4) is 0 Å². The van der Waals surface area contributed by atoms with Crippen molar-refractivity contribution in [2.45, 2.75) is 13.2 Å². The minimum Gasteiger partial charge on any atom is -0.459 e. The van der Waals surface area contributed by atoms with Crippen LogP contribution in [0.25, 0.3) is 11.0 Å². The zero-order valence-electron chi connectivity index (χ0n) is 12.4. The number of hydrogen-bond donors (Lipinski definition) is 0. The van der Waals surface area contributed by atoms with E-state index in [-0.39, 0.29) is 18.8 Å². The average Bonchev–Trinajstić information content (AvgIpc) is 2.80. The summed E-state index contributed by atoms with van der Waals surface area (Å²) in [6.07, 6.45) is 1.54. The Balaban J connectivity index is 1.74. The molecule has 0 saturated carbocycles. The second kappa shape index (κ2) is 6.26. The van der Waals surface area contributed by atoms with E-state index in [1.54, 1.807) is 31.4 Å². The molecule has 0 atom stereocenters. The zero-order chi connectivity index (χ0) is 16.4. The van der Waals surface area contributed by atoms with E-state index in [1.807, 2.05) is 18.2 Å². The molecule has 7 heteroatoms. The minimum absolute atomic E-state index is 0.0858. The van der Waals surface area contributed by atoms with Gasteiger partial charge >= 0.3 is 11.7 Å². The van der Waals surface area contributed by atoms with Crippen molar-refractivity contribution in [2.75, 3.05) is 0 Å². The summed E-state index contributed by atoms with van der Waals surface area (Å²) in [4.78, 5) is 28.2. The first-order valence-corrected chi connectivity index (χ1v) is 7.34. The van der Waals surface area contributed by atoms with Crippen LogP contribution in [-0.2, 0) is 29.7 Å². The van der Waals surface area contributed by atoms with Gasteiger partial charge in [0.1, 0.15) is 18.3 Å². The van der Waals surface area contributed by atoms with Gasteiger partial charge in [0.25, 0.3) is 0 Å². The predicted octanol–water partition coefficient (Wildman–Crippen LogP) is 2.13. The van der Waals surface area contributed by atoms with Gasteiger partial charge in [0.15, 0.2) is 0 Å². The zero-order valence-corrected chi connectivity index (χ0v) is 13.2. The number of esters is 1. The van der Waals surface area contributed by atoms with Crippen molar-refractivity contribution < 1.29 is 9.53 Å². The maximum absolute atomic E-state index is 12.2. The highest BCUT2D eigenvalue weighted by atomic mass is 35.5. The molecule has 2 aromatic heterocycles. The standard InChI is InChI=1S/C16H14ClN3O3/c1-19-12-4-2-3-5-13(12)20(16(19)22)9-15(21)23-10-11-6-7-14(17)18-8-11/h2-8H,9-10H2,1H3. The van der Waals surface area contributed by atoms with Gasteiger partial charge in [-0.15, -0.1) is 0 Å². The number of halogens is 1. The fourth-order valence-electron chi connectivity index (χ4n) is 2.35. The third-order valence-corrected chi connectivity index (χ3v) is 3.75. The number of carbonyl (C=O) groups is 1. The Kier molecular flexibility index (Phi) is 4.16. The Morgan fingerprint density at radius 2 is 1.96 bits per heavy atom. The van der Waals surface area contributed by atoms with Crippen molar-refractivity contribution in [3.05, 3.63) is 63.8 Å². The van der Waals surface area contributed by atoms with E-state index in [4.69, 9.17) is 16.3 Å². The molecule has 0 saturated heterocycles. The van der Waals surface area contributed by atoms with Gasteiger partial charge in [0.05, 0.1) is 11.0 Å². The van der Waals surface area contributed by atoms with Gasteiger partial charge < -0.3 is 4.74 Å². The smallest absolute Gasteiger partial charge is 0.329 e. The summed E-state index contributed by atoms with van der Waals surface area (Å²) < 4.78 is 8.10. The van der Waals surface area contributed by atoms with Crippen LogP contribution in [0.1, 0.15) is 5.56 Å². The summed E-state index contributed by atoms with van der Waals surface area (Å²) in [5.41, 5.74) is 1.95. The lowest BCUT2D eigenvalue weighted by molar-refractivity contribution is -0.145. The topological polar surface area (TPSA) is 66.1 Å². The molecule has 0 spiro atoms. The van der Waals surface area contributed by atoms with Crippen LogP contribution >= 0.6 is 11.6 Å². The summed E-state index contributed by atoms with van der Waals surface area (Å²) in [7, 11) is 1.67. The normalized spacial score (nSPS) is 10.9. The molecule has 0 aliphatic heterocycles. The lowest BCUT2D eigenvalue weighted by atomic mass is 10.3. The summed E-state index contributed by atoms with van der Waals surface area (Å²) in [5, 5.41) is 0.377. The number of aryl methyl sites for hydroxylation is 1. The third kappa shape index (κ3) is 3.12. The number of imidazole rings is 1. The fourth-order valence-corrected chi connectivity index (χ4v) is 2.46. The molecule has 6 nitrogen and oxygen atoms in total. The van der Waals surface area contributed by atoms with Crippen LogP contribution in [0.15, 0.2) is 47.4 Å². The number of pyridine rings is 1. The second-order valence-corrected chi connectivity index (χ2v) is 5.45. The number of rotatable bonds is 4. The molecule has 0 radical (unpaired) electrons. The summed E-state index contributed by atoms with van der Waals surface area (Å²) in [5.74, 6) is -0.488. The Bertz CT molecular complexity index is 912. The molecule has 0 unspecified atom stereocenters. The summed E-state index contributed by atoms with van der Waals surface area (Å²) in [6, 6.07) is 10.7. The van der Waals surface area contributed by atoms with Gasteiger partial charge in [-0.25, -0.2) is 9.78 Å². The second-order valence-electron chi connectivity index (χ2n) is 5.07. The monoisotopic (exact) mass is 331 g/mol. The van der Waals surface area contributed by atoms with Crippen LogP contribution in [0, 0.1) is 0 Å². The van der Waals surface area contributed by atoms with Crippen LogP contribution in [0.2, 0.25) is 5.15 Å². The van der Waals surface area contributed by atoms with Crippen molar-refractivity contribution >= 4 is 28.6 Å². The largest absolute Gasteiger partial charge is 0.459 e. The van der Waals surface area contributed by atoms with Crippen molar-refractivity contribution in [1.82, 2.24) is 14.1 Å². The molecular weight excluding hydrogens is 318 g/mol. The first-order chi connectivity index (χ1) is 11.1. The molecule has 118 valence electrons. The fraction of sp³-hybridized carbons (Fsp3) is 0.188. The van der Waals surface area contributed by atoms with E-state index in [0.717, 1.165) is 11.1 Å². The minimum atomic E-state index is -0.488. The first-order valence-electron chi connectivity index (χ1n) is 6.96. The van der Waals surface area contributed by atoms with Crippen molar-refractivity contribution in [2.24, 2.45) is 7.05 Å². The number of benzene rings is 1. The first kappa shape index (κ1) is 15.3. The van der Waals surface area contributed by atoms with Crippen molar-refractivity contribution in [3.8, 4) is 0 Å². The molecule has 0 amide bonds. The Morgan fingerprint density at radius 1 is 1.22 bits per heavy atom. The Morgan fingerprint density at radius 3 is 2.65 bits per heavy atom. The molecule has 0 aliphatic rings. The van der Waals surface area contributed by atoms with E-state index in [1.165, 1.54) is 9.13 Å². The summed E-state index contributed by atoms with van der Waals surface area (Å²) >= 11 is 5.70. The highest BCUT2D eigenvalue weighted by Gasteiger charge is 2.14. The molecular formula is C16H14ClN3O3. The quantitative estimate of drug-likeness (QED) is 0.542. The molecule has 0 N–H and O–H groups in total. The van der Waals surface area contributed by atoms with Gasteiger partial charge in [0.2, 0.25) is 0 Å². The number of carbonyl (C=O) groups excluding carboxylic acids is 1. The lowest BCUT2D eigenvalue weighted by Gasteiger charge is -2.06. The molecule has 0 aliphatic carbocycles. The van der Waals surface area contributed by atoms with Crippen LogP contribution in [-0.4, -0.2) is 20.1 Å². The predicted molar refractivity (Wildman–Crippen MR) is 86.2 cm³/mol. The molecule has 1 aromatic carbocycles. The molecule has 0 bridgehead atoms. The number of ether oxygens (including phenoxy) is 1. The van der Waals surface area contributed by atoms with E-state index in [2.05, 4.69) is 4.98 Å². The summed E-state index contributed by atoms with van der Waals surface area (Å²) in [6.45, 7) is -0.0519. The highest BCUT2D eigenvalue weighted by Crippen LogP contribution is 2.12. The van der Waals surface area contributed by atoms with E-state index in [0.29, 0.717) is 10.7 Å². The van der Waals surface area contributed by atoms with Crippen molar-refractivity contribution in [1.29, 1.82) is 0 Å². The Labute approximate surface area is 136 Å². The molecule has 2 heterocycles. The number of nitrogens with zero attached hydrogens (tertiary/aromatic N) is 3.